The molecular formula is C13H14F3N. The van der Waals surface area contributed by atoms with Gasteiger partial charge in [0.2, 0.25) is 0 Å². The van der Waals surface area contributed by atoms with Crippen LogP contribution >= 0.6 is 0 Å². The molecule has 1 heterocycles. The molecule has 0 fully saturated rings. The van der Waals surface area contributed by atoms with E-state index in [1.165, 1.54) is 12.1 Å². The van der Waals surface area contributed by atoms with Gasteiger partial charge in [0.25, 0.3) is 0 Å². The van der Waals surface area contributed by atoms with Gasteiger partial charge in [-0.25, -0.2) is 0 Å². The molecular weight excluding hydrogens is 227 g/mol. The van der Waals surface area contributed by atoms with Crippen LogP contribution in [-0.4, -0.2) is 0 Å². The van der Waals surface area contributed by atoms with E-state index < -0.39 is 11.7 Å². The topological polar surface area (TPSA) is 12.0 Å². The molecule has 92 valence electrons. The van der Waals surface area contributed by atoms with Crippen molar-refractivity contribution in [3.8, 4) is 0 Å². The van der Waals surface area contributed by atoms with E-state index in [2.05, 4.69) is 5.32 Å². The standard InChI is InChI=1S/C13H14F3N/c14-13(15,16)11-6-4-5-10(9-11)12-7-2-1-3-8-17-12/h3-6,8-9,12,17H,1-2,7H2. The normalized spacial score (nSPS) is 20.8. The summed E-state index contributed by atoms with van der Waals surface area (Å²) in [5.41, 5.74) is 0.122. The lowest BCUT2D eigenvalue weighted by atomic mass is 10.00. The summed E-state index contributed by atoms with van der Waals surface area (Å²) in [6.07, 6.45) is 2.39. The van der Waals surface area contributed by atoms with E-state index in [-0.39, 0.29) is 6.04 Å². The van der Waals surface area contributed by atoms with E-state index >= 15 is 0 Å². The summed E-state index contributed by atoms with van der Waals surface area (Å²) < 4.78 is 37.7. The van der Waals surface area contributed by atoms with Crippen molar-refractivity contribution in [1.29, 1.82) is 0 Å². The van der Waals surface area contributed by atoms with Crippen LogP contribution in [0.15, 0.2) is 36.5 Å². The van der Waals surface area contributed by atoms with Gasteiger partial charge in [-0.2, -0.15) is 13.2 Å². The Morgan fingerprint density at radius 1 is 1.24 bits per heavy atom. The molecule has 17 heavy (non-hydrogen) atoms. The zero-order valence-electron chi connectivity index (χ0n) is 9.30. The molecule has 0 saturated carbocycles. The van der Waals surface area contributed by atoms with Crippen LogP contribution < -0.4 is 5.32 Å². The van der Waals surface area contributed by atoms with Gasteiger partial charge in [-0.1, -0.05) is 18.2 Å². The molecule has 0 aromatic heterocycles. The fourth-order valence-electron chi connectivity index (χ4n) is 1.99. The molecule has 1 N–H and O–H groups in total. The third-order valence-corrected chi connectivity index (χ3v) is 2.90. The van der Waals surface area contributed by atoms with Crippen LogP contribution in [-0.2, 0) is 6.18 Å². The summed E-state index contributed by atoms with van der Waals surface area (Å²) >= 11 is 0. The van der Waals surface area contributed by atoms with Gasteiger partial charge in [0.15, 0.2) is 0 Å². The Balaban J connectivity index is 2.23. The van der Waals surface area contributed by atoms with Crippen LogP contribution in [0.1, 0.15) is 36.4 Å². The summed E-state index contributed by atoms with van der Waals surface area (Å²) in [7, 11) is 0. The van der Waals surface area contributed by atoms with Crippen molar-refractivity contribution in [2.75, 3.05) is 0 Å². The Labute approximate surface area is 98.3 Å². The molecule has 1 aromatic carbocycles. The van der Waals surface area contributed by atoms with E-state index in [0.717, 1.165) is 25.3 Å². The molecule has 4 heteroatoms. The monoisotopic (exact) mass is 241 g/mol. The highest BCUT2D eigenvalue weighted by Crippen LogP contribution is 2.31. The largest absolute Gasteiger partial charge is 0.416 e. The van der Waals surface area contributed by atoms with E-state index in [9.17, 15) is 13.2 Å². The quantitative estimate of drug-likeness (QED) is 0.782. The second-order valence-corrected chi connectivity index (χ2v) is 4.18. The Kier molecular flexibility index (Phi) is 3.41. The van der Waals surface area contributed by atoms with Crippen molar-refractivity contribution in [2.24, 2.45) is 0 Å². The second-order valence-electron chi connectivity index (χ2n) is 4.18. The molecule has 1 aromatic rings. The maximum absolute atomic E-state index is 12.6. The zero-order valence-corrected chi connectivity index (χ0v) is 9.30. The van der Waals surface area contributed by atoms with Crippen LogP contribution in [0.25, 0.3) is 0 Å². The smallest absolute Gasteiger partial charge is 0.384 e. The Morgan fingerprint density at radius 3 is 2.82 bits per heavy atom. The van der Waals surface area contributed by atoms with Crippen molar-refractivity contribution < 1.29 is 13.2 Å². The Bertz CT molecular complexity index is 409. The number of rotatable bonds is 1. The lowest BCUT2D eigenvalue weighted by molar-refractivity contribution is -0.137. The van der Waals surface area contributed by atoms with Crippen LogP contribution in [0.4, 0.5) is 13.2 Å². The molecule has 1 aliphatic heterocycles. The highest BCUT2D eigenvalue weighted by molar-refractivity contribution is 5.28. The van der Waals surface area contributed by atoms with Crippen molar-refractivity contribution in [3.63, 3.8) is 0 Å². The third-order valence-electron chi connectivity index (χ3n) is 2.90. The van der Waals surface area contributed by atoms with E-state index in [1.807, 2.05) is 12.3 Å². The molecule has 1 unspecified atom stereocenters. The predicted molar refractivity (Wildman–Crippen MR) is 60.3 cm³/mol. The van der Waals surface area contributed by atoms with Crippen LogP contribution in [0, 0.1) is 0 Å². The molecule has 0 amide bonds. The average molecular weight is 241 g/mol. The molecule has 0 bridgehead atoms. The van der Waals surface area contributed by atoms with Gasteiger partial charge in [0.1, 0.15) is 0 Å². The van der Waals surface area contributed by atoms with Gasteiger partial charge in [-0.05, 0) is 43.2 Å². The SMILES string of the molecule is FC(F)(F)c1cccc(C2CCCC=CN2)c1. The Morgan fingerprint density at radius 2 is 2.06 bits per heavy atom. The van der Waals surface area contributed by atoms with E-state index in [0.29, 0.717) is 5.56 Å². The summed E-state index contributed by atoms with van der Waals surface area (Å²) in [6.45, 7) is 0. The van der Waals surface area contributed by atoms with Crippen molar-refractivity contribution in [2.45, 2.75) is 31.5 Å². The highest BCUT2D eigenvalue weighted by Gasteiger charge is 2.30. The lowest BCUT2D eigenvalue weighted by Gasteiger charge is -2.17. The number of benzene rings is 1. The average Bonchev–Trinajstić information content (AvgIpc) is 2.56. The Hall–Kier alpha value is -1.45. The number of halogens is 3. The van der Waals surface area contributed by atoms with Crippen LogP contribution in [0.3, 0.4) is 0 Å². The van der Waals surface area contributed by atoms with Gasteiger partial charge in [0, 0.05) is 0 Å². The van der Waals surface area contributed by atoms with Crippen LogP contribution in [0.5, 0.6) is 0 Å². The zero-order chi connectivity index (χ0) is 12.3. The van der Waals surface area contributed by atoms with Gasteiger partial charge in [0.05, 0.1) is 11.6 Å². The predicted octanol–water partition coefficient (Wildman–Crippen LogP) is 4.03. The van der Waals surface area contributed by atoms with Gasteiger partial charge in [-0.15, -0.1) is 0 Å². The number of nitrogens with one attached hydrogen (secondary N) is 1. The summed E-state index contributed by atoms with van der Waals surface area (Å²) in [5.74, 6) is 0. The minimum absolute atomic E-state index is 0.0175. The highest BCUT2D eigenvalue weighted by atomic mass is 19.4. The number of hydrogen-bond acceptors (Lipinski definition) is 1. The maximum Gasteiger partial charge on any atom is 0.416 e. The molecule has 0 spiro atoms. The minimum Gasteiger partial charge on any atom is -0.384 e. The van der Waals surface area contributed by atoms with E-state index in [1.54, 1.807) is 6.07 Å². The van der Waals surface area contributed by atoms with Crippen molar-refractivity contribution in [3.05, 3.63) is 47.7 Å². The number of allylic oxidation sites excluding steroid dienone is 1. The number of alkyl halides is 3. The maximum atomic E-state index is 12.6. The summed E-state index contributed by atoms with van der Waals surface area (Å²) in [4.78, 5) is 0. The van der Waals surface area contributed by atoms with Crippen LogP contribution in [0.2, 0.25) is 0 Å². The third kappa shape index (κ3) is 3.02. The lowest BCUT2D eigenvalue weighted by Crippen LogP contribution is -2.15. The van der Waals surface area contributed by atoms with Gasteiger partial charge in [-0.3, -0.25) is 0 Å². The summed E-state index contributed by atoms with van der Waals surface area (Å²) in [6, 6.07) is 5.53. The van der Waals surface area contributed by atoms with Gasteiger partial charge >= 0.3 is 6.18 Å². The van der Waals surface area contributed by atoms with Crippen molar-refractivity contribution >= 4 is 0 Å². The van der Waals surface area contributed by atoms with Gasteiger partial charge < -0.3 is 5.32 Å². The molecule has 1 nitrogen and oxygen atoms in total. The first-order valence-electron chi connectivity index (χ1n) is 5.65. The summed E-state index contributed by atoms with van der Waals surface area (Å²) in [5, 5.41) is 3.13. The minimum atomic E-state index is -4.27. The van der Waals surface area contributed by atoms with Crippen molar-refractivity contribution in [1.82, 2.24) is 5.32 Å². The second kappa shape index (κ2) is 4.82. The molecule has 0 radical (unpaired) electrons. The first-order valence-corrected chi connectivity index (χ1v) is 5.65. The molecule has 1 aliphatic rings. The molecule has 1 atom stereocenters. The molecule has 0 aliphatic carbocycles. The molecule has 2 rings (SSSR count). The first kappa shape index (κ1) is 12.0. The first-order chi connectivity index (χ1) is 8.07. The number of hydrogen-bond donors (Lipinski definition) is 1. The van der Waals surface area contributed by atoms with E-state index in [4.69, 9.17) is 0 Å². The fourth-order valence-corrected chi connectivity index (χ4v) is 1.99. The molecule has 0 saturated heterocycles. The fraction of sp³-hybridized carbons (Fsp3) is 0.385.